The molecule has 0 unspecified atom stereocenters. The Hall–Kier alpha value is -1.10. The number of carbonyl (C=O) groups excluding carboxylic acids is 1. The van der Waals surface area contributed by atoms with Gasteiger partial charge in [-0.25, -0.2) is 0 Å². The Morgan fingerprint density at radius 1 is 1.39 bits per heavy atom. The number of hydrogen-bond donors (Lipinski definition) is 1. The number of hydrogen-bond acceptors (Lipinski definition) is 3. The van der Waals surface area contributed by atoms with E-state index in [-0.39, 0.29) is 23.8 Å². The van der Waals surface area contributed by atoms with E-state index in [0.717, 1.165) is 30.8 Å². The van der Waals surface area contributed by atoms with Crippen molar-refractivity contribution in [1.82, 2.24) is 4.90 Å². The maximum atomic E-state index is 12.5. The van der Waals surface area contributed by atoms with Crippen molar-refractivity contribution < 1.29 is 14.6 Å². The number of nitrogens with zero attached hydrogens (tertiary/aromatic N) is 1. The van der Waals surface area contributed by atoms with Gasteiger partial charge in [0, 0.05) is 42.5 Å². The fourth-order valence-electron chi connectivity index (χ4n) is 3.75. The summed E-state index contributed by atoms with van der Waals surface area (Å²) in [5, 5.41) is 10.5. The maximum Gasteiger partial charge on any atom is 0.222 e. The highest BCUT2D eigenvalue weighted by atomic mass is 35.5. The Morgan fingerprint density at radius 2 is 2.17 bits per heavy atom. The molecule has 4 nitrogen and oxygen atoms in total. The largest absolute Gasteiger partial charge is 0.396 e. The molecule has 1 amide bonds. The first-order valence-corrected chi connectivity index (χ1v) is 8.72. The molecular formula is C18H24ClNO3. The Morgan fingerprint density at radius 3 is 2.87 bits per heavy atom. The summed E-state index contributed by atoms with van der Waals surface area (Å²) in [7, 11) is 0. The molecule has 0 bridgehead atoms. The minimum atomic E-state index is -0.135. The molecule has 2 atom stereocenters. The molecule has 1 N–H and O–H groups in total. The van der Waals surface area contributed by atoms with Gasteiger partial charge < -0.3 is 14.7 Å². The molecule has 1 aromatic carbocycles. The van der Waals surface area contributed by atoms with Crippen LogP contribution in [0.3, 0.4) is 0 Å². The Labute approximate surface area is 142 Å². The van der Waals surface area contributed by atoms with Crippen molar-refractivity contribution in [3.63, 3.8) is 0 Å². The number of aliphatic hydroxyl groups is 1. The van der Waals surface area contributed by atoms with Gasteiger partial charge in [-0.1, -0.05) is 23.7 Å². The molecule has 2 heterocycles. The zero-order chi connectivity index (χ0) is 16.3. The second-order valence-corrected chi connectivity index (χ2v) is 7.23. The Kier molecular flexibility index (Phi) is 5.24. The molecule has 0 aliphatic carbocycles. The molecule has 0 spiro atoms. The molecule has 2 aliphatic rings. The molecule has 23 heavy (non-hydrogen) atoms. The van der Waals surface area contributed by atoms with Crippen molar-refractivity contribution in [2.75, 3.05) is 32.9 Å². The van der Waals surface area contributed by atoms with Crippen molar-refractivity contribution >= 4 is 17.5 Å². The van der Waals surface area contributed by atoms with Gasteiger partial charge in [0.05, 0.1) is 13.2 Å². The molecule has 3 rings (SSSR count). The summed E-state index contributed by atoms with van der Waals surface area (Å²) >= 11 is 5.88. The first kappa shape index (κ1) is 16.7. The van der Waals surface area contributed by atoms with Gasteiger partial charge in [0.15, 0.2) is 0 Å². The number of benzene rings is 1. The quantitative estimate of drug-likeness (QED) is 0.898. The van der Waals surface area contributed by atoms with Crippen LogP contribution in [0.15, 0.2) is 24.3 Å². The number of aliphatic hydroxyl groups excluding tert-OH is 1. The van der Waals surface area contributed by atoms with E-state index in [1.54, 1.807) is 0 Å². The third-order valence-electron chi connectivity index (χ3n) is 5.31. The fraction of sp³-hybridized carbons (Fsp3) is 0.611. The summed E-state index contributed by atoms with van der Waals surface area (Å²) in [5.74, 6) is 0.475. The lowest BCUT2D eigenvalue weighted by molar-refractivity contribution is -0.130. The zero-order valence-corrected chi connectivity index (χ0v) is 14.1. The van der Waals surface area contributed by atoms with Crippen molar-refractivity contribution in [3.8, 4) is 0 Å². The van der Waals surface area contributed by atoms with Crippen LogP contribution in [-0.2, 0) is 16.0 Å². The van der Waals surface area contributed by atoms with E-state index >= 15 is 0 Å². The van der Waals surface area contributed by atoms with Gasteiger partial charge in [0.2, 0.25) is 5.91 Å². The molecule has 2 fully saturated rings. The minimum Gasteiger partial charge on any atom is -0.396 e. The number of fused-ring (bicyclic) bond motifs is 1. The highest BCUT2D eigenvalue weighted by molar-refractivity contribution is 6.30. The van der Waals surface area contributed by atoms with Crippen LogP contribution < -0.4 is 0 Å². The van der Waals surface area contributed by atoms with Gasteiger partial charge in [-0.2, -0.15) is 0 Å². The van der Waals surface area contributed by atoms with Crippen molar-refractivity contribution in [2.24, 2.45) is 11.3 Å². The molecule has 1 aromatic rings. The number of ether oxygens (including phenoxy) is 1. The molecular weight excluding hydrogens is 314 g/mol. The van der Waals surface area contributed by atoms with Crippen molar-refractivity contribution in [2.45, 2.75) is 25.7 Å². The first-order chi connectivity index (χ1) is 11.1. The van der Waals surface area contributed by atoms with Crippen LogP contribution in [0.4, 0.5) is 0 Å². The summed E-state index contributed by atoms with van der Waals surface area (Å²) in [6, 6.07) is 7.79. The molecule has 0 saturated carbocycles. The summed E-state index contributed by atoms with van der Waals surface area (Å²) in [4.78, 5) is 14.4. The third kappa shape index (κ3) is 3.70. The topological polar surface area (TPSA) is 49.8 Å². The van der Waals surface area contributed by atoms with E-state index in [2.05, 4.69) is 0 Å². The van der Waals surface area contributed by atoms with Crippen LogP contribution in [-0.4, -0.2) is 48.8 Å². The van der Waals surface area contributed by atoms with Crippen LogP contribution in [0.5, 0.6) is 0 Å². The molecule has 2 aliphatic heterocycles. The zero-order valence-electron chi connectivity index (χ0n) is 13.3. The molecule has 126 valence electrons. The van der Waals surface area contributed by atoms with Gasteiger partial charge >= 0.3 is 0 Å². The summed E-state index contributed by atoms with van der Waals surface area (Å²) in [6.07, 6.45) is 3.12. The average molecular weight is 338 g/mol. The lowest BCUT2D eigenvalue weighted by atomic mass is 9.75. The smallest absolute Gasteiger partial charge is 0.222 e. The number of carbonyl (C=O) groups is 1. The number of aryl methyl sites for hydroxylation is 1. The summed E-state index contributed by atoms with van der Waals surface area (Å²) in [5.41, 5.74) is 1.07. The van der Waals surface area contributed by atoms with E-state index in [1.165, 1.54) is 5.56 Å². The lowest BCUT2D eigenvalue weighted by Crippen LogP contribution is -2.41. The predicted molar refractivity (Wildman–Crippen MR) is 89.4 cm³/mol. The van der Waals surface area contributed by atoms with Gasteiger partial charge in [0.1, 0.15) is 0 Å². The molecule has 5 heteroatoms. The van der Waals surface area contributed by atoms with Crippen LogP contribution >= 0.6 is 11.6 Å². The van der Waals surface area contributed by atoms with Gasteiger partial charge in [-0.3, -0.25) is 4.79 Å². The number of halogens is 1. The van der Waals surface area contributed by atoms with Crippen LogP contribution in [0.1, 0.15) is 24.8 Å². The van der Waals surface area contributed by atoms with Crippen molar-refractivity contribution in [1.29, 1.82) is 0 Å². The SMILES string of the molecule is O=C(CCCc1ccc(Cl)cc1)N1C[C@@H]2COCC[C@]2(CO)C1. The second-order valence-electron chi connectivity index (χ2n) is 6.80. The van der Waals surface area contributed by atoms with Crippen molar-refractivity contribution in [3.05, 3.63) is 34.9 Å². The van der Waals surface area contributed by atoms with E-state index < -0.39 is 0 Å². The normalized spacial score (nSPS) is 27.0. The van der Waals surface area contributed by atoms with Gasteiger partial charge in [-0.15, -0.1) is 0 Å². The van der Waals surface area contributed by atoms with Crippen LogP contribution in [0, 0.1) is 11.3 Å². The highest BCUT2D eigenvalue weighted by Gasteiger charge is 2.48. The average Bonchev–Trinajstić information content (AvgIpc) is 2.97. The Balaban J connectivity index is 1.50. The number of rotatable bonds is 5. The first-order valence-electron chi connectivity index (χ1n) is 8.34. The second kappa shape index (κ2) is 7.20. The third-order valence-corrected chi connectivity index (χ3v) is 5.56. The predicted octanol–water partition coefficient (Wildman–Crippen LogP) is 2.52. The van der Waals surface area contributed by atoms with E-state index in [0.29, 0.717) is 26.2 Å². The molecule has 2 saturated heterocycles. The maximum absolute atomic E-state index is 12.5. The lowest BCUT2D eigenvalue weighted by Gasteiger charge is -2.36. The van der Waals surface area contributed by atoms with Gasteiger partial charge in [-0.05, 0) is 37.0 Å². The standard InChI is InChI=1S/C18H24ClNO3/c19-16-6-4-14(5-7-16)2-1-3-17(22)20-10-15-11-23-9-8-18(15,12-20)13-21/h4-7,15,21H,1-3,8-13H2/t15-,18-/m1/s1. The van der Waals surface area contributed by atoms with Gasteiger partial charge in [0.25, 0.3) is 0 Å². The summed E-state index contributed by atoms with van der Waals surface area (Å²) in [6.45, 7) is 2.90. The molecule has 0 aromatic heterocycles. The number of likely N-dealkylation sites (tertiary alicyclic amines) is 1. The highest BCUT2D eigenvalue weighted by Crippen LogP contribution is 2.41. The Bertz CT molecular complexity index is 548. The number of amides is 1. The van der Waals surface area contributed by atoms with Crippen LogP contribution in [0.2, 0.25) is 5.02 Å². The molecule has 0 radical (unpaired) electrons. The summed E-state index contributed by atoms with van der Waals surface area (Å²) < 4.78 is 5.53. The van der Waals surface area contributed by atoms with Crippen LogP contribution in [0.25, 0.3) is 0 Å². The minimum absolute atomic E-state index is 0.135. The fourth-order valence-corrected chi connectivity index (χ4v) is 3.87. The van der Waals surface area contributed by atoms with E-state index in [1.807, 2.05) is 29.2 Å². The van der Waals surface area contributed by atoms with E-state index in [4.69, 9.17) is 16.3 Å². The van der Waals surface area contributed by atoms with E-state index in [9.17, 15) is 9.90 Å². The monoisotopic (exact) mass is 337 g/mol.